The Bertz CT molecular complexity index is 812. The van der Waals surface area contributed by atoms with Crippen molar-refractivity contribution in [1.29, 1.82) is 0 Å². The average molecular weight is 282 g/mol. The number of nitrogens with two attached hydrogens (primary N) is 1. The molecule has 1 aromatic carbocycles. The standard InChI is InChI=1S/C17H18N2O2/c1-9-7-5-6-8-13(9)15-16(19-21-17(15)18)14-10(2)11(3)20-12(14)4/h5-8H,18H2,1-4H3. The molecule has 0 aliphatic rings. The van der Waals surface area contributed by atoms with Crippen LogP contribution in [0.15, 0.2) is 33.2 Å². The largest absolute Gasteiger partial charge is 0.466 e. The Morgan fingerprint density at radius 1 is 0.952 bits per heavy atom. The van der Waals surface area contributed by atoms with Crippen LogP contribution < -0.4 is 5.73 Å². The first-order valence-corrected chi connectivity index (χ1v) is 6.88. The van der Waals surface area contributed by atoms with Gasteiger partial charge in [0.1, 0.15) is 17.2 Å². The molecule has 2 N–H and O–H groups in total. The van der Waals surface area contributed by atoms with E-state index in [4.69, 9.17) is 14.7 Å². The van der Waals surface area contributed by atoms with Crippen LogP contribution in [-0.2, 0) is 0 Å². The van der Waals surface area contributed by atoms with Crippen LogP contribution in [0.2, 0.25) is 0 Å². The third-order valence-electron chi connectivity index (χ3n) is 3.93. The predicted octanol–water partition coefficient (Wildman–Crippen LogP) is 4.42. The number of nitrogens with zero attached hydrogens (tertiary/aromatic N) is 1. The first kappa shape index (κ1) is 13.5. The Hall–Kier alpha value is -2.49. The Kier molecular flexibility index (Phi) is 3.09. The minimum atomic E-state index is 0.331. The molecular weight excluding hydrogens is 264 g/mol. The van der Waals surface area contributed by atoms with Gasteiger partial charge in [0.05, 0.1) is 5.56 Å². The lowest BCUT2D eigenvalue weighted by Gasteiger charge is -2.06. The van der Waals surface area contributed by atoms with Crippen LogP contribution in [0.5, 0.6) is 0 Å². The lowest BCUT2D eigenvalue weighted by atomic mass is 9.96. The monoisotopic (exact) mass is 282 g/mol. The number of nitrogen functional groups attached to an aromatic ring is 1. The molecule has 0 fully saturated rings. The van der Waals surface area contributed by atoms with Crippen molar-refractivity contribution in [2.24, 2.45) is 0 Å². The van der Waals surface area contributed by atoms with Crippen LogP contribution in [0.3, 0.4) is 0 Å². The quantitative estimate of drug-likeness (QED) is 0.755. The first-order valence-electron chi connectivity index (χ1n) is 6.88. The van der Waals surface area contributed by atoms with Gasteiger partial charge in [0.15, 0.2) is 0 Å². The van der Waals surface area contributed by atoms with Gasteiger partial charge in [0, 0.05) is 5.56 Å². The summed E-state index contributed by atoms with van der Waals surface area (Å²) in [6.07, 6.45) is 0. The van der Waals surface area contributed by atoms with Gasteiger partial charge in [0.25, 0.3) is 0 Å². The van der Waals surface area contributed by atoms with Gasteiger partial charge in [-0.2, -0.15) is 0 Å². The highest BCUT2D eigenvalue weighted by atomic mass is 16.5. The van der Waals surface area contributed by atoms with Gasteiger partial charge < -0.3 is 14.7 Å². The summed E-state index contributed by atoms with van der Waals surface area (Å²) >= 11 is 0. The highest BCUT2D eigenvalue weighted by Gasteiger charge is 2.24. The maximum atomic E-state index is 6.03. The number of hydrogen-bond donors (Lipinski definition) is 1. The van der Waals surface area contributed by atoms with Crippen molar-refractivity contribution in [3.05, 3.63) is 46.9 Å². The highest BCUT2D eigenvalue weighted by Crippen LogP contribution is 2.41. The summed E-state index contributed by atoms with van der Waals surface area (Å²) in [5, 5.41) is 4.18. The first-order chi connectivity index (χ1) is 10.0. The summed E-state index contributed by atoms with van der Waals surface area (Å²) in [6, 6.07) is 8.06. The Morgan fingerprint density at radius 2 is 1.67 bits per heavy atom. The Morgan fingerprint density at radius 3 is 2.29 bits per heavy atom. The van der Waals surface area contributed by atoms with E-state index in [2.05, 4.69) is 5.16 Å². The van der Waals surface area contributed by atoms with E-state index in [0.717, 1.165) is 45.0 Å². The van der Waals surface area contributed by atoms with E-state index in [0.29, 0.717) is 5.88 Å². The van der Waals surface area contributed by atoms with Gasteiger partial charge in [-0.1, -0.05) is 29.4 Å². The van der Waals surface area contributed by atoms with Crippen molar-refractivity contribution in [2.75, 3.05) is 5.73 Å². The van der Waals surface area contributed by atoms with Crippen molar-refractivity contribution < 1.29 is 8.94 Å². The summed E-state index contributed by atoms with van der Waals surface area (Å²) in [6.45, 7) is 7.95. The number of anilines is 1. The number of hydrogen-bond acceptors (Lipinski definition) is 4. The molecule has 0 aliphatic carbocycles. The lowest BCUT2D eigenvalue weighted by Crippen LogP contribution is -1.91. The molecule has 0 atom stereocenters. The van der Waals surface area contributed by atoms with Crippen molar-refractivity contribution >= 4 is 5.88 Å². The van der Waals surface area contributed by atoms with Crippen LogP contribution in [-0.4, -0.2) is 5.16 Å². The van der Waals surface area contributed by atoms with Gasteiger partial charge in [-0.3, -0.25) is 0 Å². The third kappa shape index (κ3) is 2.03. The second kappa shape index (κ2) is 4.81. The smallest absolute Gasteiger partial charge is 0.230 e. The normalized spacial score (nSPS) is 11.0. The van der Waals surface area contributed by atoms with E-state index >= 15 is 0 Å². The van der Waals surface area contributed by atoms with E-state index in [1.807, 2.05) is 52.0 Å². The molecular formula is C17H18N2O2. The number of rotatable bonds is 2. The van der Waals surface area contributed by atoms with E-state index in [9.17, 15) is 0 Å². The molecule has 0 aliphatic heterocycles. The maximum Gasteiger partial charge on any atom is 0.230 e. The van der Waals surface area contributed by atoms with E-state index in [-0.39, 0.29) is 0 Å². The molecule has 2 heterocycles. The van der Waals surface area contributed by atoms with Gasteiger partial charge in [0.2, 0.25) is 5.88 Å². The fraction of sp³-hybridized carbons (Fsp3) is 0.235. The van der Waals surface area contributed by atoms with Crippen LogP contribution in [0.1, 0.15) is 22.6 Å². The Labute approximate surface area is 123 Å². The van der Waals surface area contributed by atoms with Crippen molar-refractivity contribution in [3.63, 3.8) is 0 Å². The SMILES string of the molecule is Cc1ccccc1-c1c(-c2c(C)oc(C)c2C)noc1N. The zero-order valence-electron chi connectivity index (χ0n) is 12.7. The molecule has 0 saturated heterocycles. The van der Waals surface area contributed by atoms with E-state index in [1.54, 1.807) is 0 Å². The zero-order valence-corrected chi connectivity index (χ0v) is 12.7. The molecule has 0 amide bonds. The predicted molar refractivity (Wildman–Crippen MR) is 83.0 cm³/mol. The second-order valence-electron chi connectivity index (χ2n) is 5.30. The molecule has 3 rings (SSSR count). The minimum absolute atomic E-state index is 0.331. The van der Waals surface area contributed by atoms with Gasteiger partial charge in [-0.05, 0) is 44.4 Å². The number of aryl methyl sites for hydroxylation is 3. The van der Waals surface area contributed by atoms with Crippen molar-refractivity contribution in [1.82, 2.24) is 5.16 Å². The lowest BCUT2D eigenvalue weighted by molar-refractivity contribution is 0.439. The fourth-order valence-electron chi connectivity index (χ4n) is 2.73. The molecule has 4 heteroatoms. The van der Waals surface area contributed by atoms with Gasteiger partial charge >= 0.3 is 0 Å². The van der Waals surface area contributed by atoms with Crippen LogP contribution in [0, 0.1) is 27.7 Å². The molecule has 0 saturated carbocycles. The molecule has 2 aromatic heterocycles. The average Bonchev–Trinajstić information content (AvgIpc) is 2.92. The molecule has 108 valence electrons. The molecule has 0 radical (unpaired) electrons. The summed E-state index contributed by atoms with van der Waals surface area (Å²) in [4.78, 5) is 0. The summed E-state index contributed by atoms with van der Waals surface area (Å²) in [7, 11) is 0. The molecule has 3 aromatic rings. The number of aromatic nitrogens is 1. The Balaban J connectivity index is 2.30. The fourth-order valence-corrected chi connectivity index (χ4v) is 2.73. The summed E-state index contributed by atoms with van der Waals surface area (Å²) < 4.78 is 11.0. The third-order valence-corrected chi connectivity index (χ3v) is 3.93. The van der Waals surface area contributed by atoms with Crippen LogP contribution in [0.4, 0.5) is 5.88 Å². The van der Waals surface area contributed by atoms with Crippen molar-refractivity contribution in [3.8, 4) is 22.4 Å². The molecule has 0 bridgehead atoms. The van der Waals surface area contributed by atoms with E-state index < -0.39 is 0 Å². The minimum Gasteiger partial charge on any atom is -0.466 e. The summed E-state index contributed by atoms with van der Waals surface area (Å²) in [5.74, 6) is 2.05. The van der Waals surface area contributed by atoms with Gasteiger partial charge in [-0.25, -0.2) is 0 Å². The zero-order chi connectivity index (χ0) is 15.1. The maximum absolute atomic E-state index is 6.03. The van der Waals surface area contributed by atoms with E-state index in [1.165, 1.54) is 0 Å². The number of furan rings is 1. The molecule has 21 heavy (non-hydrogen) atoms. The highest BCUT2D eigenvalue weighted by molar-refractivity contribution is 5.89. The molecule has 4 nitrogen and oxygen atoms in total. The summed E-state index contributed by atoms with van der Waals surface area (Å²) in [5.41, 5.74) is 11.8. The number of benzene rings is 1. The van der Waals surface area contributed by atoms with Crippen LogP contribution >= 0.6 is 0 Å². The topological polar surface area (TPSA) is 65.2 Å². The second-order valence-corrected chi connectivity index (χ2v) is 5.30. The van der Waals surface area contributed by atoms with Crippen molar-refractivity contribution in [2.45, 2.75) is 27.7 Å². The molecule has 0 spiro atoms. The molecule has 0 unspecified atom stereocenters. The van der Waals surface area contributed by atoms with Crippen LogP contribution in [0.25, 0.3) is 22.4 Å². The van der Waals surface area contributed by atoms with Gasteiger partial charge in [-0.15, -0.1) is 0 Å².